The van der Waals surface area contributed by atoms with Crippen LogP contribution in [0.15, 0.2) is 97.1 Å². The molecule has 0 saturated heterocycles. The first kappa shape index (κ1) is 157. The molecule has 0 heterocycles. The first-order chi connectivity index (χ1) is 68.5. The van der Waals surface area contributed by atoms with Crippen LogP contribution in [0.25, 0.3) is 0 Å². The number of carboxylic acid groups (broad SMARTS) is 1. The van der Waals surface area contributed by atoms with Crippen molar-refractivity contribution in [2.45, 2.75) is 505 Å². The zero-order valence-electron chi connectivity index (χ0n) is 103. The number of esters is 8. The van der Waals surface area contributed by atoms with Crippen molar-refractivity contribution in [3.05, 3.63) is 119 Å². The van der Waals surface area contributed by atoms with Gasteiger partial charge in [0, 0.05) is 0 Å². The minimum Gasteiger partial charge on any atom is -0.508 e. The van der Waals surface area contributed by atoms with Crippen molar-refractivity contribution in [1.82, 2.24) is 0 Å². The van der Waals surface area contributed by atoms with Crippen LogP contribution in [0.5, 0.6) is 23.0 Å². The highest BCUT2D eigenvalue weighted by atomic mass is 16.6. The van der Waals surface area contributed by atoms with Gasteiger partial charge in [-0.25, -0.2) is 0 Å². The van der Waals surface area contributed by atoms with Crippen LogP contribution >= 0.6 is 0 Å². The number of aliphatic carboxylic acids is 1. The lowest BCUT2D eigenvalue weighted by Crippen LogP contribution is -2.33. The number of unbranched alkanes of at least 4 members (excludes halogenated alkanes) is 3. The number of benzene rings is 4. The van der Waals surface area contributed by atoms with E-state index in [1.165, 1.54) is 60.8 Å². The van der Waals surface area contributed by atoms with E-state index in [2.05, 4.69) is 94.7 Å². The number of carbonyl (C=O) groups is 9. The van der Waals surface area contributed by atoms with Crippen molar-refractivity contribution in [3.63, 3.8) is 0 Å². The summed E-state index contributed by atoms with van der Waals surface area (Å²) in [5, 5.41) is 52.5. The number of aromatic hydroxyl groups is 4. The number of rotatable bonds is 43. The van der Waals surface area contributed by atoms with Crippen molar-refractivity contribution in [2.75, 3.05) is 33.0 Å². The molecule has 0 fully saturated rings. The Morgan fingerprint density at radius 1 is 0.257 bits per heavy atom. The number of phenols is 4. The van der Waals surface area contributed by atoms with Gasteiger partial charge in [-0.2, -0.15) is 0 Å². The quantitative estimate of drug-likeness (QED) is 0.0136. The van der Waals surface area contributed by atoms with Crippen LogP contribution in [-0.4, -0.2) is 140 Å². The second-order valence-electron chi connectivity index (χ2n) is 44.2. The van der Waals surface area contributed by atoms with E-state index in [1.807, 2.05) is 256 Å². The molecule has 4 aromatic rings. The molecule has 0 aliphatic carbocycles. The SMILES string of the molecule is CCC(C)(C)C(=O)OC(C)(C)C.CCC(C)C(=O)O.CCC(C)C(=O)OC(C)(C)C.CCC(C)C(=O)OC(C)(C)C.CCC(C)C(=O)OC(C)(C)C.CCC(C)C(=O)OCCO.CCC(C)c1ccc(O)cc1.CCC(C)c1ccc(O)cc1.CCC(C)c1ccc(O)cc1.CCC(C)c1ccc(O)cc1.CCCCC(CC)COC(=O)C(C)(C)CC.CCCCC(CC)COC(=O)C(C)CC.CCCCOC(=O)C(C)CC. The van der Waals surface area contributed by atoms with Gasteiger partial charge in [-0.05, 0) is 320 Å². The molecule has 23 nitrogen and oxygen atoms in total. The van der Waals surface area contributed by atoms with Gasteiger partial charge in [0.05, 0.1) is 78.7 Å². The zero-order valence-corrected chi connectivity index (χ0v) is 103. The van der Waals surface area contributed by atoms with Crippen molar-refractivity contribution >= 4 is 53.7 Å². The Hall–Kier alpha value is -8.73. The number of hydrogen-bond acceptors (Lipinski definition) is 22. The molecule has 4 aromatic carbocycles. The standard InChI is InChI=1S/C14H28O2.C13H26O2.C10H20O2.4C10H14O.4C9H18O2.C7H14O3.C5H10O2/c1-6-9-10-12(7-2)11-16-13(15)14(4,5)8-3;1-5-8-9-12(7-3)10-15-13(14)11(4)6-2;1-7-10(5,6)8(11)12-9(2,3)4;4*1-3-8(2)9-4-6-10(11)7-5-9;3*1-6-7(2)8(10)11-9(3,4)5;1-4-6-7-11-9(10)8(3)5-2;1-3-6(2)7(9)10-5-4-8;1-3-4(2)5(6)7/h12H,6-11H2,1-5H3;11-12H,5-10H2,1-4H3;7H2,1-6H3;4*4-8,11H,3H2,1-2H3;3*7H,6H2,1-5H3;8H,4-7H2,1-3H3;6,8H,3-5H2,1-2H3;4H,3H2,1-2H3,(H,6,7). The molecule has 864 valence electrons. The van der Waals surface area contributed by atoms with Crippen LogP contribution in [0, 0.1) is 64.1 Å². The van der Waals surface area contributed by atoms with Gasteiger partial charge >= 0.3 is 53.7 Å². The van der Waals surface area contributed by atoms with E-state index in [9.17, 15) is 43.2 Å². The van der Waals surface area contributed by atoms with Gasteiger partial charge in [-0.3, -0.25) is 43.2 Å². The lowest BCUT2D eigenvalue weighted by atomic mass is 9.90. The Morgan fingerprint density at radius 2 is 0.473 bits per heavy atom. The summed E-state index contributed by atoms with van der Waals surface area (Å²) >= 11 is 0. The molecule has 0 aliphatic rings. The van der Waals surface area contributed by atoms with E-state index in [-0.39, 0.29) is 136 Å². The minimum absolute atomic E-state index is 0.0224. The van der Waals surface area contributed by atoms with Gasteiger partial charge in [0.1, 0.15) is 52.0 Å². The Bertz CT molecular complexity index is 3610. The van der Waals surface area contributed by atoms with Crippen LogP contribution < -0.4 is 0 Å². The highest BCUT2D eigenvalue weighted by Gasteiger charge is 2.32. The third-order valence-electron chi connectivity index (χ3n) is 25.0. The molecule has 0 spiro atoms. The molecule has 0 aromatic heterocycles. The molecule has 0 bridgehead atoms. The Kier molecular flexibility index (Phi) is 96.4. The van der Waals surface area contributed by atoms with Gasteiger partial charge in [0.15, 0.2) is 0 Å². The number of phenolic OH excluding ortho intramolecular Hbond substituents is 4. The normalized spacial score (nSPS) is 13.4. The fourth-order valence-electron chi connectivity index (χ4n) is 10.5. The number of carbonyl (C=O) groups excluding carboxylic acids is 8. The summed E-state index contributed by atoms with van der Waals surface area (Å²) in [5.74, 6) is 3.31. The number of ether oxygens (including phenoxy) is 8. The summed E-state index contributed by atoms with van der Waals surface area (Å²) in [4.78, 5) is 100.0. The van der Waals surface area contributed by atoms with E-state index in [1.54, 1.807) is 62.4 Å². The summed E-state index contributed by atoms with van der Waals surface area (Å²) < 4.78 is 41.1. The number of carboxylic acids is 1. The monoisotopic (exact) mass is 2100 g/mol. The summed E-state index contributed by atoms with van der Waals surface area (Å²) in [5.41, 5.74) is 3.09. The number of hydrogen-bond donors (Lipinski definition) is 6. The van der Waals surface area contributed by atoms with Crippen molar-refractivity contribution in [1.29, 1.82) is 0 Å². The zero-order chi connectivity index (χ0) is 117. The molecule has 0 saturated carbocycles. The van der Waals surface area contributed by atoms with E-state index in [4.69, 9.17) is 63.8 Å². The van der Waals surface area contributed by atoms with Crippen molar-refractivity contribution in [2.24, 2.45) is 64.1 Å². The van der Waals surface area contributed by atoms with Gasteiger partial charge in [-0.15, -0.1) is 0 Å². The second-order valence-corrected chi connectivity index (χ2v) is 44.2. The molecule has 13 unspecified atom stereocenters. The Morgan fingerprint density at radius 3 is 0.662 bits per heavy atom. The molecule has 6 N–H and O–H groups in total. The fourth-order valence-corrected chi connectivity index (χ4v) is 10.5. The van der Waals surface area contributed by atoms with Gasteiger partial charge in [0.25, 0.3) is 0 Å². The predicted octanol–water partition coefficient (Wildman–Crippen LogP) is 33.5. The largest absolute Gasteiger partial charge is 0.508 e. The molecule has 4 rings (SSSR count). The van der Waals surface area contributed by atoms with E-state index < -0.39 is 5.97 Å². The smallest absolute Gasteiger partial charge is 0.312 e. The van der Waals surface area contributed by atoms with Crippen LogP contribution in [0.3, 0.4) is 0 Å². The lowest BCUT2D eigenvalue weighted by Gasteiger charge is -2.27. The molecule has 0 radical (unpaired) electrons. The lowest BCUT2D eigenvalue weighted by molar-refractivity contribution is -0.166. The van der Waals surface area contributed by atoms with Crippen LogP contribution in [0.4, 0.5) is 0 Å². The summed E-state index contributed by atoms with van der Waals surface area (Å²) in [6.07, 6.45) is 23.5. The van der Waals surface area contributed by atoms with Gasteiger partial charge < -0.3 is 68.5 Å². The second kappa shape index (κ2) is 90.9. The average molecular weight is 2100 g/mol. The van der Waals surface area contributed by atoms with E-state index in [0.29, 0.717) is 78.3 Å². The molecular weight excluding hydrogens is 1870 g/mol. The first-order valence-corrected chi connectivity index (χ1v) is 56.1. The molecule has 0 aliphatic heterocycles. The Labute approximate surface area is 905 Å². The third kappa shape index (κ3) is 92.2. The topological polar surface area (TPSA) is 349 Å². The molecule has 148 heavy (non-hydrogen) atoms. The summed E-state index contributed by atoms with van der Waals surface area (Å²) in [7, 11) is 0. The molecule has 23 heteroatoms. The third-order valence-corrected chi connectivity index (χ3v) is 25.0. The van der Waals surface area contributed by atoms with Gasteiger partial charge in [0.2, 0.25) is 0 Å². The minimum atomic E-state index is -0.706. The first-order valence-electron chi connectivity index (χ1n) is 56.1. The summed E-state index contributed by atoms with van der Waals surface area (Å²) in [6.45, 7) is 91.0. The van der Waals surface area contributed by atoms with Gasteiger partial charge in [-0.1, -0.05) is 294 Å². The highest BCUT2D eigenvalue weighted by molar-refractivity contribution is 5.77. The fraction of sp³-hybridized carbons (Fsp3) is 0.736. The van der Waals surface area contributed by atoms with Crippen LogP contribution in [0.2, 0.25) is 0 Å². The predicted molar refractivity (Wildman–Crippen MR) is 615 cm³/mol. The number of aliphatic hydroxyl groups excluding tert-OH is 1. The molecule has 13 atom stereocenters. The maximum atomic E-state index is 11.8. The van der Waals surface area contributed by atoms with E-state index >= 15 is 0 Å². The number of aliphatic hydroxyl groups is 1. The maximum Gasteiger partial charge on any atom is 0.312 e. The van der Waals surface area contributed by atoms with Crippen LogP contribution in [-0.2, 0) is 81.0 Å². The van der Waals surface area contributed by atoms with Crippen LogP contribution in [0.1, 0.15) is 505 Å². The summed E-state index contributed by atoms with van der Waals surface area (Å²) in [6, 6.07) is 29.7. The maximum absolute atomic E-state index is 11.8. The molecule has 0 amide bonds. The van der Waals surface area contributed by atoms with Crippen molar-refractivity contribution in [3.8, 4) is 23.0 Å². The van der Waals surface area contributed by atoms with E-state index in [0.717, 1.165) is 109 Å². The average Bonchev–Trinajstić information content (AvgIpc) is 0.861. The van der Waals surface area contributed by atoms with Crippen molar-refractivity contribution < 1.29 is 112 Å². The highest BCUT2D eigenvalue weighted by Crippen LogP contribution is 2.29. The molecular formula is C125H226O23. The Balaban J connectivity index is -0.000000203.